The average Bonchev–Trinajstić information content (AvgIpc) is 3.49. The number of pyridine rings is 1. The zero-order valence-corrected chi connectivity index (χ0v) is 22.5. The Bertz CT molecular complexity index is 1740. The van der Waals surface area contributed by atoms with Crippen LogP contribution in [0.2, 0.25) is 0 Å². The van der Waals surface area contributed by atoms with Gasteiger partial charge in [0.2, 0.25) is 0 Å². The highest BCUT2D eigenvalue weighted by Gasteiger charge is 2.27. The van der Waals surface area contributed by atoms with Gasteiger partial charge in [0.25, 0.3) is 5.91 Å². The summed E-state index contributed by atoms with van der Waals surface area (Å²) in [4.78, 5) is 31.3. The summed E-state index contributed by atoms with van der Waals surface area (Å²) in [5.41, 5.74) is 11.5. The SMILES string of the molecule is COc1cccc(Cn2c(-c3nc4cc(C(=O)N5CCCC(OC(N)=O)C5)ccn4c3C)cc3ccccc32)c1. The van der Waals surface area contributed by atoms with Crippen LogP contribution in [-0.2, 0) is 11.3 Å². The van der Waals surface area contributed by atoms with Gasteiger partial charge in [-0.3, -0.25) is 4.79 Å². The second-order valence-corrected chi connectivity index (χ2v) is 10.2. The Hall–Kier alpha value is -4.79. The number of aromatic nitrogens is 3. The van der Waals surface area contributed by atoms with E-state index >= 15 is 0 Å². The van der Waals surface area contributed by atoms with Gasteiger partial charge in [0, 0.05) is 41.4 Å². The second kappa shape index (κ2) is 10.4. The molecule has 1 atom stereocenters. The summed E-state index contributed by atoms with van der Waals surface area (Å²) < 4.78 is 14.9. The van der Waals surface area contributed by atoms with E-state index in [1.54, 1.807) is 12.0 Å². The summed E-state index contributed by atoms with van der Waals surface area (Å²) in [5.74, 6) is 0.701. The number of hydrogen-bond acceptors (Lipinski definition) is 5. The van der Waals surface area contributed by atoms with Crippen molar-refractivity contribution in [3.63, 3.8) is 0 Å². The predicted molar refractivity (Wildman–Crippen MR) is 153 cm³/mol. The maximum absolute atomic E-state index is 13.4. The minimum absolute atomic E-state index is 0.116. The molecule has 1 aliphatic heterocycles. The first-order valence-corrected chi connectivity index (χ1v) is 13.4. The number of primary amides is 1. The molecule has 2 amide bonds. The number of hydrogen-bond donors (Lipinski definition) is 1. The smallest absolute Gasteiger partial charge is 0.404 e. The number of carbonyl (C=O) groups is 2. The molecule has 6 rings (SSSR count). The second-order valence-electron chi connectivity index (χ2n) is 10.2. The fourth-order valence-electron chi connectivity index (χ4n) is 5.64. The maximum atomic E-state index is 13.4. The van der Waals surface area contributed by atoms with Gasteiger partial charge in [-0.1, -0.05) is 30.3 Å². The Morgan fingerprint density at radius 2 is 1.93 bits per heavy atom. The molecule has 9 nitrogen and oxygen atoms in total. The van der Waals surface area contributed by atoms with E-state index in [2.05, 4.69) is 28.8 Å². The fourth-order valence-corrected chi connectivity index (χ4v) is 5.64. The number of amides is 2. The van der Waals surface area contributed by atoms with E-state index in [-0.39, 0.29) is 12.0 Å². The number of nitrogens with two attached hydrogens (primary N) is 1. The molecule has 0 aliphatic carbocycles. The molecule has 3 aromatic heterocycles. The first-order valence-electron chi connectivity index (χ1n) is 13.4. The molecule has 204 valence electrons. The van der Waals surface area contributed by atoms with E-state index in [9.17, 15) is 9.59 Å². The molecule has 0 bridgehead atoms. The zero-order valence-electron chi connectivity index (χ0n) is 22.5. The summed E-state index contributed by atoms with van der Waals surface area (Å²) in [6.07, 6.45) is 2.13. The molecule has 9 heteroatoms. The number of piperidine rings is 1. The van der Waals surface area contributed by atoms with Gasteiger partial charge in [0.15, 0.2) is 0 Å². The van der Waals surface area contributed by atoms with Crippen molar-refractivity contribution < 1.29 is 19.1 Å². The Balaban J connectivity index is 1.37. The molecule has 1 aliphatic rings. The number of nitrogens with zero attached hydrogens (tertiary/aromatic N) is 4. The number of likely N-dealkylation sites (tertiary alicyclic amines) is 1. The van der Waals surface area contributed by atoms with Crippen LogP contribution in [0.3, 0.4) is 0 Å². The number of fused-ring (bicyclic) bond motifs is 2. The molecule has 0 spiro atoms. The number of benzene rings is 2. The van der Waals surface area contributed by atoms with Crippen LogP contribution >= 0.6 is 0 Å². The predicted octanol–water partition coefficient (Wildman–Crippen LogP) is 5.02. The van der Waals surface area contributed by atoms with Gasteiger partial charge >= 0.3 is 6.09 Å². The van der Waals surface area contributed by atoms with Crippen molar-refractivity contribution in [2.45, 2.75) is 32.4 Å². The van der Waals surface area contributed by atoms with Crippen LogP contribution in [0, 0.1) is 6.92 Å². The Morgan fingerprint density at radius 3 is 2.75 bits per heavy atom. The lowest BCUT2D eigenvalue weighted by molar-refractivity contribution is 0.0373. The van der Waals surface area contributed by atoms with Gasteiger partial charge in [0.1, 0.15) is 23.2 Å². The van der Waals surface area contributed by atoms with E-state index in [0.29, 0.717) is 37.3 Å². The Kier molecular flexibility index (Phi) is 6.63. The van der Waals surface area contributed by atoms with E-state index < -0.39 is 6.09 Å². The van der Waals surface area contributed by atoms with Crippen molar-refractivity contribution in [3.8, 4) is 17.1 Å². The third-order valence-corrected chi connectivity index (χ3v) is 7.59. The maximum Gasteiger partial charge on any atom is 0.404 e. The lowest BCUT2D eigenvalue weighted by Gasteiger charge is -2.32. The fraction of sp³-hybridized carbons (Fsp3) is 0.258. The molecular weight excluding hydrogens is 506 g/mol. The first kappa shape index (κ1) is 25.5. The van der Waals surface area contributed by atoms with Crippen molar-refractivity contribution >= 4 is 28.6 Å². The van der Waals surface area contributed by atoms with E-state index in [1.807, 2.05) is 60.0 Å². The first-order chi connectivity index (χ1) is 19.4. The minimum atomic E-state index is -0.815. The van der Waals surface area contributed by atoms with Crippen LogP contribution in [0.15, 0.2) is 72.9 Å². The summed E-state index contributed by atoms with van der Waals surface area (Å²) in [7, 11) is 1.67. The summed E-state index contributed by atoms with van der Waals surface area (Å²) in [6.45, 7) is 3.63. The van der Waals surface area contributed by atoms with Crippen LogP contribution in [0.1, 0.15) is 34.5 Å². The molecule has 1 saturated heterocycles. The molecule has 40 heavy (non-hydrogen) atoms. The Morgan fingerprint density at radius 1 is 1.07 bits per heavy atom. The molecule has 5 aromatic rings. The molecule has 4 heterocycles. The third-order valence-electron chi connectivity index (χ3n) is 7.59. The van der Waals surface area contributed by atoms with Gasteiger partial charge in [-0.25, -0.2) is 9.78 Å². The van der Waals surface area contributed by atoms with Crippen LogP contribution in [0.25, 0.3) is 27.9 Å². The van der Waals surface area contributed by atoms with Crippen LogP contribution in [0.5, 0.6) is 5.75 Å². The standard InChI is InChI=1S/C31H31N5O4/c1-20-29(27-16-22-8-3-4-11-26(22)36(27)18-21-7-5-9-24(15-21)39-2)33-28-17-23(12-14-35(20)28)30(37)34-13-6-10-25(19-34)40-31(32)38/h3-5,7-9,11-12,14-17,25H,6,10,13,18-19H2,1-2H3,(H2,32,38). The summed E-state index contributed by atoms with van der Waals surface area (Å²) >= 11 is 0. The van der Waals surface area contributed by atoms with Crippen molar-refractivity contribution in [2.24, 2.45) is 5.73 Å². The number of aryl methyl sites for hydroxylation is 1. The molecule has 1 unspecified atom stereocenters. The molecular formula is C31H31N5O4. The number of ether oxygens (including phenoxy) is 2. The highest BCUT2D eigenvalue weighted by atomic mass is 16.6. The Labute approximate surface area is 231 Å². The van der Waals surface area contributed by atoms with Crippen LogP contribution < -0.4 is 10.5 Å². The molecule has 0 radical (unpaired) electrons. The third kappa shape index (κ3) is 4.75. The quantitative estimate of drug-likeness (QED) is 0.328. The van der Waals surface area contributed by atoms with Crippen molar-refractivity contribution in [1.82, 2.24) is 18.9 Å². The number of imidazole rings is 1. The highest BCUT2D eigenvalue weighted by molar-refractivity contribution is 5.95. The molecule has 1 fully saturated rings. The zero-order chi connectivity index (χ0) is 27.8. The van der Waals surface area contributed by atoms with Crippen LogP contribution in [0.4, 0.5) is 4.79 Å². The number of rotatable bonds is 6. The molecule has 0 saturated carbocycles. The monoisotopic (exact) mass is 537 g/mol. The lowest BCUT2D eigenvalue weighted by atomic mass is 10.1. The van der Waals surface area contributed by atoms with E-state index in [4.69, 9.17) is 20.2 Å². The van der Waals surface area contributed by atoms with Crippen molar-refractivity contribution in [1.29, 1.82) is 0 Å². The lowest BCUT2D eigenvalue weighted by Crippen LogP contribution is -2.44. The van der Waals surface area contributed by atoms with Gasteiger partial charge in [-0.05, 0) is 61.7 Å². The summed E-state index contributed by atoms with van der Waals surface area (Å²) in [5, 5.41) is 1.13. The highest BCUT2D eigenvalue weighted by Crippen LogP contribution is 2.32. The van der Waals surface area contributed by atoms with Crippen molar-refractivity contribution in [2.75, 3.05) is 20.2 Å². The topological polar surface area (TPSA) is 104 Å². The summed E-state index contributed by atoms with van der Waals surface area (Å²) in [6, 6.07) is 22.2. The minimum Gasteiger partial charge on any atom is -0.497 e. The van der Waals surface area contributed by atoms with E-state index in [1.165, 1.54) is 0 Å². The molecule has 2 aromatic carbocycles. The van der Waals surface area contributed by atoms with Gasteiger partial charge in [-0.15, -0.1) is 0 Å². The average molecular weight is 538 g/mol. The number of para-hydroxylation sites is 1. The number of methoxy groups -OCH3 is 1. The van der Waals surface area contributed by atoms with E-state index in [0.717, 1.165) is 45.7 Å². The van der Waals surface area contributed by atoms with Gasteiger partial charge in [-0.2, -0.15) is 0 Å². The van der Waals surface area contributed by atoms with Crippen LogP contribution in [-0.4, -0.2) is 57.2 Å². The largest absolute Gasteiger partial charge is 0.497 e. The van der Waals surface area contributed by atoms with Gasteiger partial charge < -0.3 is 29.1 Å². The van der Waals surface area contributed by atoms with Crippen molar-refractivity contribution in [3.05, 3.63) is 89.7 Å². The molecule has 2 N–H and O–H groups in total. The number of carbonyl (C=O) groups excluding carboxylic acids is 2. The van der Waals surface area contributed by atoms with Gasteiger partial charge in [0.05, 0.1) is 19.3 Å². The normalized spacial score (nSPS) is 15.4.